The highest BCUT2D eigenvalue weighted by atomic mass is 79.9. The van der Waals surface area contributed by atoms with Crippen LogP contribution in [0.3, 0.4) is 0 Å². The first-order valence-electron chi connectivity index (χ1n) is 9.13. The van der Waals surface area contributed by atoms with Crippen LogP contribution in [0.15, 0.2) is 77.3 Å². The van der Waals surface area contributed by atoms with Crippen LogP contribution in [0.4, 0.5) is 0 Å². The molecule has 0 fully saturated rings. The Bertz CT molecular complexity index is 1210. The first kappa shape index (κ1) is 16.6. The molecule has 0 radical (unpaired) electrons. The summed E-state index contributed by atoms with van der Waals surface area (Å²) in [6, 6.07) is 25.3. The molecule has 0 spiro atoms. The Balaban J connectivity index is 1.84. The molecule has 0 amide bonds. The Kier molecular flexibility index (Phi) is 3.50. The average molecular weight is 415 g/mol. The van der Waals surface area contributed by atoms with Gasteiger partial charge in [-0.2, -0.15) is 0 Å². The molecule has 1 nitrogen and oxygen atoms in total. The molecule has 2 heteroatoms. The first-order chi connectivity index (χ1) is 13.0. The van der Waals surface area contributed by atoms with Crippen molar-refractivity contribution >= 4 is 26.7 Å². The molecule has 1 N–H and O–H groups in total. The highest BCUT2D eigenvalue weighted by molar-refractivity contribution is 9.10. The van der Waals surface area contributed by atoms with Crippen LogP contribution in [0.2, 0.25) is 0 Å². The number of fused-ring (bicyclic) bond motifs is 5. The van der Waals surface area contributed by atoms with Crippen LogP contribution >= 0.6 is 15.9 Å². The molecule has 1 aliphatic carbocycles. The maximum absolute atomic E-state index is 10.7. The number of aromatic hydroxyl groups is 1. The zero-order valence-electron chi connectivity index (χ0n) is 15.3. The molecule has 1 aliphatic rings. The Morgan fingerprint density at radius 2 is 1.52 bits per heavy atom. The summed E-state index contributed by atoms with van der Waals surface area (Å²) in [5.74, 6) is 0.348. The van der Waals surface area contributed by atoms with E-state index in [0.29, 0.717) is 5.75 Å². The number of halogens is 1. The van der Waals surface area contributed by atoms with Crippen LogP contribution in [0.1, 0.15) is 25.0 Å². The minimum atomic E-state index is -0.163. The van der Waals surface area contributed by atoms with Crippen molar-refractivity contribution in [3.05, 3.63) is 88.4 Å². The van der Waals surface area contributed by atoms with Crippen LogP contribution in [0.5, 0.6) is 5.75 Å². The predicted molar refractivity (Wildman–Crippen MR) is 116 cm³/mol. The van der Waals surface area contributed by atoms with Gasteiger partial charge in [-0.3, -0.25) is 0 Å². The molecule has 132 valence electrons. The van der Waals surface area contributed by atoms with E-state index in [9.17, 15) is 5.11 Å². The van der Waals surface area contributed by atoms with Crippen LogP contribution < -0.4 is 0 Å². The summed E-state index contributed by atoms with van der Waals surface area (Å²) in [4.78, 5) is 0. The fourth-order valence-electron chi connectivity index (χ4n) is 4.40. The van der Waals surface area contributed by atoms with Gasteiger partial charge in [-0.25, -0.2) is 0 Å². The lowest BCUT2D eigenvalue weighted by molar-refractivity contribution is 0.479. The lowest BCUT2D eigenvalue weighted by Gasteiger charge is -2.22. The van der Waals surface area contributed by atoms with Gasteiger partial charge in [-0.05, 0) is 69.1 Å². The van der Waals surface area contributed by atoms with E-state index in [1.807, 2.05) is 24.3 Å². The van der Waals surface area contributed by atoms with Gasteiger partial charge < -0.3 is 5.11 Å². The molecule has 0 saturated carbocycles. The van der Waals surface area contributed by atoms with E-state index in [4.69, 9.17) is 0 Å². The van der Waals surface area contributed by atoms with Gasteiger partial charge in [0.1, 0.15) is 5.75 Å². The van der Waals surface area contributed by atoms with Gasteiger partial charge in [0.15, 0.2) is 0 Å². The molecule has 0 aromatic heterocycles. The molecular weight excluding hydrogens is 396 g/mol. The van der Waals surface area contributed by atoms with E-state index in [1.54, 1.807) is 0 Å². The smallest absolute Gasteiger partial charge is 0.123 e. The van der Waals surface area contributed by atoms with Crippen molar-refractivity contribution in [3.63, 3.8) is 0 Å². The highest BCUT2D eigenvalue weighted by Gasteiger charge is 2.37. The van der Waals surface area contributed by atoms with Crippen LogP contribution in [0.25, 0.3) is 33.0 Å². The van der Waals surface area contributed by atoms with Crippen LogP contribution in [-0.4, -0.2) is 5.11 Å². The molecular formula is C25H19BrO. The zero-order chi connectivity index (χ0) is 18.8. The van der Waals surface area contributed by atoms with Gasteiger partial charge in [0.05, 0.1) is 0 Å². The number of hydrogen-bond acceptors (Lipinski definition) is 1. The summed E-state index contributed by atoms with van der Waals surface area (Å²) in [7, 11) is 0. The molecule has 0 unspecified atom stereocenters. The van der Waals surface area contributed by atoms with Gasteiger partial charge in [0, 0.05) is 15.3 Å². The van der Waals surface area contributed by atoms with Gasteiger partial charge >= 0.3 is 0 Å². The maximum Gasteiger partial charge on any atom is 0.123 e. The summed E-state index contributed by atoms with van der Waals surface area (Å²) in [5.41, 5.74) is 7.29. The topological polar surface area (TPSA) is 20.2 Å². The SMILES string of the molecule is CC1(C)c2cc(-c3ccccc3)ccc2-c2c1cc(O)c1ccc(Br)cc21. The third-order valence-corrected chi connectivity index (χ3v) is 6.31. The minimum absolute atomic E-state index is 0.163. The number of benzene rings is 4. The quantitative estimate of drug-likeness (QED) is 0.346. The monoisotopic (exact) mass is 414 g/mol. The average Bonchev–Trinajstić information content (AvgIpc) is 2.89. The van der Waals surface area contributed by atoms with E-state index >= 15 is 0 Å². The lowest BCUT2D eigenvalue weighted by atomic mass is 9.81. The van der Waals surface area contributed by atoms with E-state index < -0.39 is 0 Å². The van der Waals surface area contributed by atoms with Crippen LogP contribution in [-0.2, 0) is 5.41 Å². The summed E-state index contributed by atoms with van der Waals surface area (Å²) >= 11 is 3.59. The van der Waals surface area contributed by atoms with E-state index in [1.165, 1.54) is 33.4 Å². The molecule has 27 heavy (non-hydrogen) atoms. The molecule has 0 atom stereocenters. The van der Waals surface area contributed by atoms with Crippen molar-refractivity contribution in [1.29, 1.82) is 0 Å². The Labute approximate surface area is 167 Å². The minimum Gasteiger partial charge on any atom is -0.507 e. The highest BCUT2D eigenvalue weighted by Crippen LogP contribution is 2.53. The number of hydrogen-bond donors (Lipinski definition) is 1. The van der Waals surface area contributed by atoms with E-state index in [2.05, 4.69) is 78.3 Å². The summed E-state index contributed by atoms with van der Waals surface area (Å²) in [6.45, 7) is 4.49. The van der Waals surface area contributed by atoms with Crippen molar-refractivity contribution in [2.24, 2.45) is 0 Å². The summed E-state index contributed by atoms with van der Waals surface area (Å²) < 4.78 is 1.02. The second kappa shape index (κ2) is 5.71. The molecule has 4 aromatic rings. The number of phenols is 1. The molecule has 0 bridgehead atoms. The van der Waals surface area contributed by atoms with Crippen molar-refractivity contribution in [3.8, 4) is 28.0 Å². The summed E-state index contributed by atoms with van der Waals surface area (Å²) in [6.07, 6.45) is 0. The van der Waals surface area contributed by atoms with E-state index in [-0.39, 0.29) is 5.41 Å². The molecule has 4 aromatic carbocycles. The molecule has 0 saturated heterocycles. The lowest BCUT2D eigenvalue weighted by Crippen LogP contribution is -2.15. The second-order valence-corrected chi connectivity index (χ2v) is 8.68. The fourth-order valence-corrected chi connectivity index (χ4v) is 4.76. The predicted octanol–water partition coefficient (Wildman–Crippen LogP) is 7.28. The van der Waals surface area contributed by atoms with Gasteiger partial charge in [-0.15, -0.1) is 0 Å². The number of rotatable bonds is 1. The van der Waals surface area contributed by atoms with E-state index in [0.717, 1.165) is 15.2 Å². The molecule has 0 heterocycles. The fraction of sp³-hybridized carbons (Fsp3) is 0.120. The Morgan fingerprint density at radius 3 is 2.30 bits per heavy atom. The molecule has 5 rings (SSSR count). The van der Waals surface area contributed by atoms with Gasteiger partial charge in [0.25, 0.3) is 0 Å². The van der Waals surface area contributed by atoms with Gasteiger partial charge in [-0.1, -0.05) is 72.2 Å². The Hall–Kier alpha value is -2.58. The first-order valence-corrected chi connectivity index (χ1v) is 9.92. The van der Waals surface area contributed by atoms with Crippen LogP contribution in [0, 0.1) is 0 Å². The van der Waals surface area contributed by atoms with Crippen molar-refractivity contribution in [2.45, 2.75) is 19.3 Å². The molecule has 0 aliphatic heterocycles. The third-order valence-electron chi connectivity index (χ3n) is 5.82. The van der Waals surface area contributed by atoms with Crippen molar-refractivity contribution in [2.75, 3.05) is 0 Å². The Morgan fingerprint density at radius 1 is 0.741 bits per heavy atom. The zero-order valence-corrected chi connectivity index (χ0v) is 16.8. The van der Waals surface area contributed by atoms with Crippen molar-refractivity contribution in [1.82, 2.24) is 0 Å². The maximum atomic E-state index is 10.7. The van der Waals surface area contributed by atoms with Crippen molar-refractivity contribution < 1.29 is 5.11 Å². The normalized spacial score (nSPS) is 14.2. The van der Waals surface area contributed by atoms with Gasteiger partial charge in [0.2, 0.25) is 0 Å². The second-order valence-electron chi connectivity index (χ2n) is 7.76. The third kappa shape index (κ3) is 2.36. The standard InChI is InChI=1S/C25H19BrO/c1-25(2)21-12-16(15-6-4-3-5-7-15)8-10-19(21)24-20-13-17(26)9-11-18(20)23(27)14-22(24)25/h3-14,27H,1-2H3. The number of phenolic OH excluding ortho intramolecular Hbond substituents is 1. The largest absolute Gasteiger partial charge is 0.507 e. The summed E-state index contributed by atoms with van der Waals surface area (Å²) in [5, 5.41) is 12.6.